The van der Waals surface area contributed by atoms with Crippen LogP contribution in [0.15, 0.2) is 30.7 Å². The van der Waals surface area contributed by atoms with Crippen LogP contribution in [0, 0.1) is 6.92 Å². The number of nitrogens with zero attached hydrogens (tertiary/aromatic N) is 1. The molecule has 0 saturated carbocycles. The third-order valence-corrected chi connectivity index (χ3v) is 2.72. The van der Waals surface area contributed by atoms with E-state index in [-0.39, 0.29) is 11.6 Å². The van der Waals surface area contributed by atoms with E-state index in [9.17, 15) is 9.59 Å². The maximum atomic E-state index is 11.7. The lowest BCUT2D eigenvalue weighted by Gasteiger charge is -2.10. The van der Waals surface area contributed by atoms with Crippen LogP contribution in [0.25, 0.3) is 0 Å². The number of anilines is 1. The van der Waals surface area contributed by atoms with Crippen molar-refractivity contribution in [3.05, 3.63) is 47.5 Å². The minimum Gasteiger partial charge on any atom is -0.478 e. The molecule has 4 N–H and O–H groups in total. The molecule has 2 aromatic rings. The van der Waals surface area contributed by atoms with Gasteiger partial charge >= 0.3 is 12.0 Å². The predicted octanol–water partition coefficient (Wildman–Crippen LogP) is 1.74. The lowest BCUT2D eigenvalue weighted by Crippen LogP contribution is -2.28. The highest BCUT2D eigenvalue weighted by molar-refractivity contribution is 5.92. The predicted molar refractivity (Wildman–Crippen MR) is 72.6 cm³/mol. The summed E-state index contributed by atoms with van der Waals surface area (Å²) in [5.41, 5.74) is 2.22. The Morgan fingerprint density at radius 1 is 1.40 bits per heavy atom. The highest BCUT2D eigenvalue weighted by atomic mass is 16.4. The molecule has 1 heterocycles. The van der Waals surface area contributed by atoms with Crippen LogP contribution in [-0.4, -0.2) is 27.1 Å². The minimum absolute atomic E-state index is 0.186. The molecule has 0 radical (unpaired) electrons. The lowest BCUT2D eigenvalue weighted by atomic mass is 10.1. The van der Waals surface area contributed by atoms with Crippen LogP contribution in [0.2, 0.25) is 0 Å². The number of H-pyrrole nitrogens is 1. The number of aromatic carboxylic acids is 1. The Labute approximate surface area is 115 Å². The number of amides is 2. The Kier molecular flexibility index (Phi) is 3.99. The maximum Gasteiger partial charge on any atom is 0.335 e. The van der Waals surface area contributed by atoms with Crippen molar-refractivity contribution in [1.82, 2.24) is 15.3 Å². The normalized spacial score (nSPS) is 10.1. The molecule has 0 unspecified atom stereocenters. The third-order valence-electron chi connectivity index (χ3n) is 2.72. The van der Waals surface area contributed by atoms with E-state index in [2.05, 4.69) is 20.6 Å². The number of aromatic amines is 1. The zero-order valence-corrected chi connectivity index (χ0v) is 10.8. The summed E-state index contributed by atoms with van der Waals surface area (Å²) in [5.74, 6) is -0.997. The van der Waals surface area contributed by atoms with Crippen molar-refractivity contribution in [3.63, 3.8) is 0 Å². The number of aromatic nitrogens is 2. The number of nitrogens with one attached hydrogen (secondary N) is 3. The van der Waals surface area contributed by atoms with Crippen molar-refractivity contribution in [2.45, 2.75) is 13.5 Å². The fourth-order valence-electron chi connectivity index (χ4n) is 1.66. The Bertz CT molecular complexity index is 623. The van der Waals surface area contributed by atoms with Crippen molar-refractivity contribution in [2.75, 3.05) is 5.32 Å². The fourth-order valence-corrected chi connectivity index (χ4v) is 1.66. The second kappa shape index (κ2) is 5.87. The van der Waals surface area contributed by atoms with E-state index in [4.69, 9.17) is 5.11 Å². The summed E-state index contributed by atoms with van der Waals surface area (Å²) in [5, 5.41) is 14.2. The van der Waals surface area contributed by atoms with Gasteiger partial charge in [-0.2, -0.15) is 0 Å². The first-order valence-corrected chi connectivity index (χ1v) is 5.92. The Balaban J connectivity index is 1.95. The van der Waals surface area contributed by atoms with Gasteiger partial charge in [0.05, 0.1) is 24.1 Å². The van der Waals surface area contributed by atoms with E-state index in [0.29, 0.717) is 17.8 Å². The molecule has 0 aliphatic rings. The number of aryl methyl sites for hydroxylation is 1. The Morgan fingerprint density at radius 3 is 2.80 bits per heavy atom. The molecule has 0 bridgehead atoms. The molecule has 20 heavy (non-hydrogen) atoms. The smallest absolute Gasteiger partial charge is 0.335 e. The molecule has 0 aliphatic heterocycles. The molecule has 0 aliphatic carbocycles. The van der Waals surface area contributed by atoms with Gasteiger partial charge in [-0.25, -0.2) is 14.6 Å². The van der Waals surface area contributed by atoms with Crippen molar-refractivity contribution < 1.29 is 14.7 Å². The van der Waals surface area contributed by atoms with Crippen LogP contribution in [-0.2, 0) is 6.54 Å². The standard InChI is InChI=1S/C13H14N4O3/c1-8-4-9(12(18)19)2-3-11(8)17-13(20)15-6-10-5-14-7-16-10/h2-5,7H,6H2,1H3,(H,14,16)(H,18,19)(H2,15,17,20). The fraction of sp³-hybridized carbons (Fsp3) is 0.154. The topological polar surface area (TPSA) is 107 Å². The molecule has 7 nitrogen and oxygen atoms in total. The summed E-state index contributed by atoms with van der Waals surface area (Å²) in [6.45, 7) is 2.06. The number of hydrogen-bond donors (Lipinski definition) is 4. The van der Waals surface area contributed by atoms with Crippen LogP contribution in [0.1, 0.15) is 21.6 Å². The largest absolute Gasteiger partial charge is 0.478 e. The molecule has 1 aromatic heterocycles. The van der Waals surface area contributed by atoms with Crippen molar-refractivity contribution in [3.8, 4) is 0 Å². The van der Waals surface area contributed by atoms with E-state index >= 15 is 0 Å². The van der Waals surface area contributed by atoms with E-state index in [1.54, 1.807) is 19.2 Å². The number of benzene rings is 1. The van der Waals surface area contributed by atoms with Gasteiger partial charge in [0.15, 0.2) is 0 Å². The molecule has 0 fully saturated rings. The van der Waals surface area contributed by atoms with Gasteiger partial charge in [-0.15, -0.1) is 0 Å². The molecule has 7 heteroatoms. The van der Waals surface area contributed by atoms with E-state index in [1.165, 1.54) is 18.5 Å². The maximum absolute atomic E-state index is 11.7. The summed E-state index contributed by atoms with van der Waals surface area (Å²) < 4.78 is 0. The van der Waals surface area contributed by atoms with Crippen LogP contribution in [0.4, 0.5) is 10.5 Å². The quantitative estimate of drug-likeness (QED) is 0.681. The molecule has 0 atom stereocenters. The number of carbonyl (C=O) groups is 2. The first-order chi connectivity index (χ1) is 9.56. The summed E-state index contributed by atoms with van der Waals surface area (Å²) >= 11 is 0. The summed E-state index contributed by atoms with van der Waals surface area (Å²) in [4.78, 5) is 29.2. The van der Waals surface area contributed by atoms with Gasteiger partial charge in [0.25, 0.3) is 0 Å². The molecule has 2 rings (SSSR count). The van der Waals surface area contributed by atoms with Gasteiger partial charge in [-0.1, -0.05) is 0 Å². The van der Waals surface area contributed by atoms with Crippen LogP contribution < -0.4 is 10.6 Å². The second-order valence-corrected chi connectivity index (χ2v) is 4.22. The number of urea groups is 1. The number of carboxylic acid groups (broad SMARTS) is 1. The summed E-state index contributed by atoms with van der Waals surface area (Å²) in [6, 6.07) is 4.15. The third kappa shape index (κ3) is 3.35. The van der Waals surface area contributed by atoms with E-state index < -0.39 is 5.97 Å². The van der Waals surface area contributed by atoms with Crippen molar-refractivity contribution in [2.24, 2.45) is 0 Å². The van der Waals surface area contributed by atoms with Gasteiger partial charge in [0.1, 0.15) is 0 Å². The average molecular weight is 274 g/mol. The van der Waals surface area contributed by atoms with Gasteiger partial charge in [0, 0.05) is 11.9 Å². The molecule has 0 spiro atoms. The molecule has 0 saturated heterocycles. The molecule has 2 amide bonds. The van der Waals surface area contributed by atoms with Gasteiger partial charge < -0.3 is 20.7 Å². The number of carboxylic acids is 1. The Morgan fingerprint density at radius 2 is 2.20 bits per heavy atom. The van der Waals surface area contributed by atoms with Crippen LogP contribution in [0.5, 0.6) is 0 Å². The first-order valence-electron chi connectivity index (χ1n) is 5.92. The Hall–Kier alpha value is -2.83. The van der Waals surface area contributed by atoms with Crippen molar-refractivity contribution in [1.29, 1.82) is 0 Å². The molecule has 1 aromatic carbocycles. The second-order valence-electron chi connectivity index (χ2n) is 4.22. The molecule has 104 valence electrons. The SMILES string of the molecule is Cc1cc(C(=O)O)ccc1NC(=O)NCc1cnc[nH]1. The first kappa shape index (κ1) is 13.6. The van der Waals surface area contributed by atoms with Gasteiger partial charge in [-0.3, -0.25) is 0 Å². The summed E-state index contributed by atoms with van der Waals surface area (Å²) in [6.07, 6.45) is 3.15. The highest BCUT2D eigenvalue weighted by Crippen LogP contribution is 2.16. The lowest BCUT2D eigenvalue weighted by molar-refractivity contribution is 0.0697. The number of rotatable bonds is 4. The summed E-state index contributed by atoms with van der Waals surface area (Å²) in [7, 11) is 0. The number of imidazole rings is 1. The average Bonchev–Trinajstić information content (AvgIpc) is 2.91. The molecular weight excluding hydrogens is 260 g/mol. The molecular formula is C13H14N4O3. The number of carbonyl (C=O) groups excluding carboxylic acids is 1. The minimum atomic E-state index is -0.997. The monoisotopic (exact) mass is 274 g/mol. The zero-order chi connectivity index (χ0) is 14.5. The highest BCUT2D eigenvalue weighted by Gasteiger charge is 2.08. The zero-order valence-electron chi connectivity index (χ0n) is 10.8. The van der Waals surface area contributed by atoms with Crippen LogP contribution in [0.3, 0.4) is 0 Å². The van der Waals surface area contributed by atoms with Gasteiger partial charge in [-0.05, 0) is 30.7 Å². The van der Waals surface area contributed by atoms with E-state index in [1.807, 2.05) is 0 Å². The van der Waals surface area contributed by atoms with E-state index in [0.717, 1.165) is 5.69 Å². The number of hydrogen-bond acceptors (Lipinski definition) is 3. The van der Waals surface area contributed by atoms with Crippen LogP contribution >= 0.6 is 0 Å². The van der Waals surface area contributed by atoms with Crippen molar-refractivity contribution >= 4 is 17.7 Å². The van der Waals surface area contributed by atoms with Gasteiger partial charge in [0.2, 0.25) is 0 Å².